The number of benzene rings is 7. The van der Waals surface area contributed by atoms with E-state index in [1.807, 2.05) is 54.6 Å². The summed E-state index contributed by atoms with van der Waals surface area (Å²) < 4.78 is 61.3. The molecule has 0 aliphatic carbocycles. The van der Waals surface area contributed by atoms with Crippen molar-refractivity contribution in [2.45, 2.75) is 13.1 Å². The second-order valence-corrected chi connectivity index (χ2v) is 12.8. The fraction of sp³-hybridized carbons (Fsp3) is 0.0455. The summed E-state index contributed by atoms with van der Waals surface area (Å²) in [5.41, 5.74) is 7.41. The molecule has 9 aromatic rings. The van der Waals surface area contributed by atoms with Gasteiger partial charge in [0.05, 0.1) is 13.1 Å². The molecule has 0 aliphatic rings. The van der Waals surface area contributed by atoms with Crippen LogP contribution in [-0.2, 0) is 13.1 Å². The maximum absolute atomic E-state index is 14.8. The average molecular weight is 676 g/mol. The smallest absolute Gasteiger partial charge is 0.131 e. The normalized spacial score (nSPS) is 11.7. The van der Waals surface area contributed by atoms with Crippen molar-refractivity contribution in [2.24, 2.45) is 0 Å². The number of hydrogen-bond donors (Lipinski definition) is 0. The van der Waals surface area contributed by atoms with E-state index in [0.717, 1.165) is 72.8 Å². The summed E-state index contributed by atoms with van der Waals surface area (Å²) in [6.07, 6.45) is 0. The molecule has 51 heavy (non-hydrogen) atoms. The second-order valence-electron chi connectivity index (χ2n) is 12.8. The highest BCUT2D eigenvalue weighted by Gasteiger charge is 2.20. The predicted octanol–water partition coefficient (Wildman–Crippen LogP) is 12.0. The first-order valence-electron chi connectivity index (χ1n) is 16.7. The van der Waals surface area contributed by atoms with Gasteiger partial charge in [-0.1, -0.05) is 66.7 Å². The molecule has 2 aromatic heterocycles. The topological polar surface area (TPSA) is 13.1 Å². The van der Waals surface area contributed by atoms with Gasteiger partial charge in [0.25, 0.3) is 0 Å². The van der Waals surface area contributed by atoms with Crippen LogP contribution in [0.2, 0.25) is 0 Å². The molecule has 0 atom stereocenters. The van der Waals surface area contributed by atoms with E-state index in [0.29, 0.717) is 11.1 Å². The van der Waals surface area contributed by atoms with Gasteiger partial charge in [0.2, 0.25) is 0 Å². The molecule has 0 N–H and O–H groups in total. The van der Waals surface area contributed by atoms with E-state index in [-0.39, 0.29) is 13.1 Å². The molecular weight excluding hydrogens is 646 g/mol. The van der Waals surface area contributed by atoms with Crippen molar-refractivity contribution < 1.29 is 17.6 Å². The highest BCUT2D eigenvalue weighted by molar-refractivity contribution is 6.11. The summed E-state index contributed by atoms with van der Waals surface area (Å²) >= 11 is 0. The van der Waals surface area contributed by atoms with Gasteiger partial charge in [0.1, 0.15) is 23.3 Å². The number of para-hydroxylation sites is 3. The van der Waals surface area contributed by atoms with E-state index in [2.05, 4.69) is 74.7 Å². The van der Waals surface area contributed by atoms with Gasteiger partial charge in [-0.2, -0.15) is 0 Å². The Balaban J connectivity index is 1.21. The first kappa shape index (κ1) is 30.7. The number of hydrogen-bond acceptors (Lipinski definition) is 1. The van der Waals surface area contributed by atoms with Crippen molar-refractivity contribution in [3.05, 3.63) is 186 Å². The van der Waals surface area contributed by atoms with Crippen LogP contribution in [0.5, 0.6) is 0 Å². The Bertz CT molecular complexity index is 2590. The van der Waals surface area contributed by atoms with Crippen LogP contribution in [0, 0.1) is 23.3 Å². The van der Waals surface area contributed by atoms with E-state index in [9.17, 15) is 17.6 Å². The van der Waals surface area contributed by atoms with Gasteiger partial charge in [-0.05, 0) is 72.8 Å². The Hall–Kier alpha value is -6.34. The molecule has 9 rings (SSSR count). The molecule has 2 heterocycles. The molecular formula is C44H29F4N3. The van der Waals surface area contributed by atoms with Crippen molar-refractivity contribution in [3.8, 4) is 0 Å². The Labute approximate surface area is 290 Å². The minimum absolute atomic E-state index is 0.250. The van der Waals surface area contributed by atoms with E-state index in [1.165, 1.54) is 24.3 Å². The van der Waals surface area contributed by atoms with Gasteiger partial charge in [-0.3, -0.25) is 0 Å². The zero-order chi connectivity index (χ0) is 34.6. The van der Waals surface area contributed by atoms with Crippen LogP contribution >= 0.6 is 0 Å². The molecule has 0 unspecified atom stereocenters. The molecule has 0 saturated carbocycles. The Kier molecular flexibility index (Phi) is 7.35. The van der Waals surface area contributed by atoms with Crippen LogP contribution in [0.25, 0.3) is 43.6 Å². The Morgan fingerprint density at radius 2 is 0.804 bits per heavy atom. The quantitative estimate of drug-likeness (QED) is 0.153. The van der Waals surface area contributed by atoms with Crippen molar-refractivity contribution in [1.82, 2.24) is 9.13 Å². The van der Waals surface area contributed by atoms with Gasteiger partial charge < -0.3 is 14.0 Å². The molecule has 0 radical (unpaired) electrons. The summed E-state index contributed by atoms with van der Waals surface area (Å²) in [5.74, 6) is -2.36. The highest BCUT2D eigenvalue weighted by Crippen LogP contribution is 2.41. The monoisotopic (exact) mass is 675 g/mol. The molecule has 0 spiro atoms. The average Bonchev–Trinajstić information content (AvgIpc) is 3.63. The van der Waals surface area contributed by atoms with Gasteiger partial charge in [0, 0.05) is 83.9 Å². The minimum atomic E-state index is -0.603. The predicted molar refractivity (Wildman–Crippen MR) is 198 cm³/mol. The summed E-state index contributed by atoms with van der Waals surface area (Å²) in [7, 11) is 0. The molecule has 248 valence electrons. The first-order valence-corrected chi connectivity index (χ1v) is 16.7. The fourth-order valence-corrected chi connectivity index (χ4v) is 7.37. The van der Waals surface area contributed by atoms with Crippen molar-refractivity contribution >= 4 is 60.7 Å². The lowest BCUT2D eigenvalue weighted by Crippen LogP contribution is -2.10. The molecule has 7 aromatic carbocycles. The van der Waals surface area contributed by atoms with Crippen molar-refractivity contribution in [2.75, 3.05) is 4.90 Å². The first-order chi connectivity index (χ1) is 24.9. The van der Waals surface area contributed by atoms with Gasteiger partial charge >= 0.3 is 0 Å². The molecule has 0 aliphatic heterocycles. The van der Waals surface area contributed by atoms with Gasteiger partial charge in [0.15, 0.2) is 0 Å². The number of fused-ring (bicyclic) bond motifs is 6. The van der Waals surface area contributed by atoms with Crippen LogP contribution in [0.15, 0.2) is 152 Å². The third-order valence-corrected chi connectivity index (χ3v) is 9.73. The van der Waals surface area contributed by atoms with E-state index < -0.39 is 23.3 Å². The summed E-state index contributed by atoms with van der Waals surface area (Å²) in [4.78, 5) is 2.20. The molecule has 7 heteroatoms. The highest BCUT2D eigenvalue weighted by atomic mass is 19.1. The van der Waals surface area contributed by atoms with E-state index in [1.54, 1.807) is 0 Å². The van der Waals surface area contributed by atoms with E-state index >= 15 is 0 Å². The van der Waals surface area contributed by atoms with E-state index in [4.69, 9.17) is 0 Å². The van der Waals surface area contributed by atoms with Gasteiger partial charge in [-0.25, -0.2) is 17.6 Å². The zero-order valence-corrected chi connectivity index (χ0v) is 27.2. The van der Waals surface area contributed by atoms with Crippen LogP contribution in [-0.4, -0.2) is 9.13 Å². The summed E-state index contributed by atoms with van der Waals surface area (Å²) in [5, 5.41) is 4.06. The molecule has 0 fully saturated rings. The number of halogens is 4. The largest absolute Gasteiger partial charge is 0.336 e. The standard InChI is InChI=1S/C44H29F4N3/c45-30-16-14-28(39(47)22-30)26-49-41-12-6-4-10-35(41)37-24-33(18-20-43(37)49)51(32-8-2-1-3-9-32)34-19-21-44-38(25-34)36-11-5-7-13-42(36)50(44)27-29-15-17-31(46)23-40(29)48/h1-25H,26-27H2. The number of aromatic nitrogens is 2. The summed E-state index contributed by atoms with van der Waals surface area (Å²) in [6, 6.07) is 46.2. The molecule has 0 bridgehead atoms. The number of nitrogens with zero attached hydrogens (tertiary/aromatic N) is 3. The lowest BCUT2D eigenvalue weighted by molar-refractivity contribution is 0.568. The maximum atomic E-state index is 14.8. The van der Waals surface area contributed by atoms with Gasteiger partial charge in [-0.15, -0.1) is 0 Å². The lowest BCUT2D eigenvalue weighted by Gasteiger charge is -2.26. The number of rotatable bonds is 7. The Morgan fingerprint density at radius 1 is 0.373 bits per heavy atom. The Morgan fingerprint density at radius 3 is 1.27 bits per heavy atom. The third-order valence-electron chi connectivity index (χ3n) is 9.73. The van der Waals surface area contributed by atoms with Crippen LogP contribution < -0.4 is 4.90 Å². The summed E-state index contributed by atoms with van der Waals surface area (Å²) in [6.45, 7) is 0.501. The maximum Gasteiger partial charge on any atom is 0.131 e. The fourth-order valence-electron chi connectivity index (χ4n) is 7.37. The van der Waals surface area contributed by atoms with Crippen LogP contribution in [0.1, 0.15) is 11.1 Å². The molecule has 0 amide bonds. The van der Waals surface area contributed by atoms with Crippen LogP contribution in [0.4, 0.5) is 34.6 Å². The molecule has 3 nitrogen and oxygen atoms in total. The third kappa shape index (κ3) is 5.29. The lowest BCUT2D eigenvalue weighted by atomic mass is 10.1. The minimum Gasteiger partial charge on any atom is -0.336 e. The molecule has 0 saturated heterocycles. The van der Waals surface area contributed by atoms with Crippen molar-refractivity contribution in [1.29, 1.82) is 0 Å². The second kappa shape index (κ2) is 12.2. The number of anilines is 3. The SMILES string of the molecule is Fc1ccc(Cn2c3ccccc3c3cc(N(c4ccccc4)c4ccc5c(c4)c4ccccc4n5Cc4ccc(F)cc4F)ccc32)c(F)c1. The zero-order valence-electron chi connectivity index (χ0n) is 27.2. The van der Waals surface area contributed by atoms with Crippen molar-refractivity contribution in [3.63, 3.8) is 0 Å². The van der Waals surface area contributed by atoms with Crippen LogP contribution in [0.3, 0.4) is 0 Å².